The summed E-state index contributed by atoms with van der Waals surface area (Å²) >= 11 is 7.14. The summed E-state index contributed by atoms with van der Waals surface area (Å²) in [4.78, 5) is 19.2. The van der Waals surface area contributed by atoms with Crippen molar-refractivity contribution in [3.8, 4) is 0 Å². The highest BCUT2D eigenvalue weighted by molar-refractivity contribution is 7.98. The molecule has 0 saturated carbocycles. The maximum Gasteiger partial charge on any atom is 0.343 e. The summed E-state index contributed by atoms with van der Waals surface area (Å²) in [5, 5.41) is 0.615. The van der Waals surface area contributed by atoms with Crippen LogP contribution in [0.1, 0.15) is 10.4 Å². The van der Waals surface area contributed by atoms with Crippen LogP contribution in [-0.4, -0.2) is 28.8 Å². The minimum Gasteiger partial charge on any atom is -0.458 e. The minimum absolute atomic E-state index is 0.100. The summed E-state index contributed by atoms with van der Waals surface area (Å²) in [7, 11) is 0. The first-order valence-electron chi connectivity index (χ1n) is 4.03. The van der Waals surface area contributed by atoms with Crippen LogP contribution < -0.4 is 0 Å². The van der Waals surface area contributed by atoms with Crippen molar-refractivity contribution in [3.05, 3.63) is 29.6 Å². The molecule has 0 unspecified atom stereocenters. The maximum atomic E-state index is 11.4. The first kappa shape index (κ1) is 12.0. The molecule has 0 aliphatic rings. The predicted octanol–water partition coefficient (Wildman–Crippen LogP) is 2.19. The van der Waals surface area contributed by atoms with Gasteiger partial charge in [-0.1, -0.05) is 36.0 Å². The van der Waals surface area contributed by atoms with Gasteiger partial charge in [0, 0.05) is 6.20 Å². The molecule has 1 rings (SSSR count). The van der Waals surface area contributed by atoms with Gasteiger partial charge < -0.3 is 4.74 Å². The zero-order valence-corrected chi connectivity index (χ0v) is 9.64. The van der Waals surface area contributed by atoms with Crippen molar-refractivity contribution in [1.82, 2.24) is 9.97 Å². The highest BCUT2D eigenvalue weighted by Gasteiger charge is 2.13. The Morgan fingerprint density at radius 3 is 3.07 bits per heavy atom. The Labute approximate surface area is 96.7 Å². The van der Waals surface area contributed by atoms with Crippen LogP contribution in [0.5, 0.6) is 0 Å². The molecule has 15 heavy (non-hydrogen) atoms. The third kappa shape index (κ3) is 3.21. The van der Waals surface area contributed by atoms with E-state index in [1.54, 1.807) is 0 Å². The van der Waals surface area contributed by atoms with Gasteiger partial charge in [-0.2, -0.15) is 0 Å². The number of nitrogens with zero attached hydrogens (tertiary/aromatic N) is 2. The summed E-state index contributed by atoms with van der Waals surface area (Å²) in [5.74, 6) is -0.549. The van der Waals surface area contributed by atoms with Gasteiger partial charge in [0.15, 0.2) is 5.16 Å². The number of carbonyl (C=O) groups excluding carboxylic acids is 1. The van der Waals surface area contributed by atoms with E-state index in [2.05, 4.69) is 16.5 Å². The molecule has 1 aromatic heterocycles. The minimum atomic E-state index is -0.549. The van der Waals surface area contributed by atoms with E-state index >= 15 is 0 Å². The third-order valence-corrected chi connectivity index (χ3v) is 2.30. The molecule has 1 heterocycles. The molecule has 0 radical (unpaired) electrons. The second kappa shape index (κ2) is 5.72. The lowest BCUT2D eigenvalue weighted by Gasteiger charge is -2.03. The number of hydrogen-bond donors (Lipinski definition) is 0. The number of rotatable bonds is 4. The fourth-order valence-electron chi connectivity index (χ4n) is 0.794. The molecular weight excluding hydrogens is 236 g/mol. The zero-order valence-electron chi connectivity index (χ0n) is 8.07. The Hall–Kier alpha value is -1.07. The summed E-state index contributed by atoms with van der Waals surface area (Å²) in [6, 6.07) is 0. The summed E-state index contributed by atoms with van der Waals surface area (Å²) < 4.78 is 4.80. The van der Waals surface area contributed by atoms with Gasteiger partial charge in [-0.3, -0.25) is 0 Å². The number of carbonyl (C=O) groups is 1. The molecule has 0 aromatic carbocycles. The molecule has 0 N–H and O–H groups in total. The van der Waals surface area contributed by atoms with Gasteiger partial charge in [0.05, 0.1) is 0 Å². The number of aromatic nitrogens is 2. The van der Waals surface area contributed by atoms with Crippen LogP contribution in [0.3, 0.4) is 0 Å². The van der Waals surface area contributed by atoms with Crippen LogP contribution in [0.4, 0.5) is 0 Å². The molecule has 0 aliphatic carbocycles. The Morgan fingerprint density at radius 2 is 2.53 bits per heavy atom. The standard InChI is InChI=1S/C9H9ClN2O2S/c1-3-4-14-8(13)6-5-11-9(15-2)12-7(6)10/h3,5H,1,4H2,2H3. The van der Waals surface area contributed by atoms with E-state index in [4.69, 9.17) is 16.3 Å². The van der Waals surface area contributed by atoms with Crippen LogP contribution in [0, 0.1) is 0 Å². The highest BCUT2D eigenvalue weighted by atomic mass is 35.5. The second-order valence-electron chi connectivity index (χ2n) is 2.45. The fourth-order valence-corrected chi connectivity index (χ4v) is 1.39. The van der Waals surface area contributed by atoms with Crippen LogP contribution in [0.2, 0.25) is 5.15 Å². The number of hydrogen-bond acceptors (Lipinski definition) is 5. The smallest absolute Gasteiger partial charge is 0.343 e. The van der Waals surface area contributed by atoms with Crippen LogP contribution in [0.15, 0.2) is 24.0 Å². The summed E-state index contributed by atoms with van der Waals surface area (Å²) in [5.41, 5.74) is 0.163. The van der Waals surface area contributed by atoms with Crippen LogP contribution in [-0.2, 0) is 4.74 Å². The van der Waals surface area contributed by atoms with Crippen LogP contribution in [0.25, 0.3) is 0 Å². The van der Waals surface area contributed by atoms with E-state index in [1.807, 2.05) is 6.26 Å². The van der Waals surface area contributed by atoms with E-state index in [-0.39, 0.29) is 17.3 Å². The van der Waals surface area contributed by atoms with E-state index in [1.165, 1.54) is 24.0 Å². The molecule has 0 spiro atoms. The van der Waals surface area contributed by atoms with E-state index in [0.29, 0.717) is 5.16 Å². The molecule has 0 bridgehead atoms. The fraction of sp³-hybridized carbons (Fsp3) is 0.222. The van der Waals surface area contributed by atoms with Gasteiger partial charge in [-0.25, -0.2) is 14.8 Å². The molecule has 0 fully saturated rings. The van der Waals surface area contributed by atoms with Crippen molar-refractivity contribution in [3.63, 3.8) is 0 Å². The van der Waals surface area contributed by atoms with Gasteiger partial charge >= 0.3 is 5.97 Å². The maximum absolute atomic E-state index is 11.4. The summed E-state index contributed by atoms with van der Waals surface area (Å²) in [6.07, 6.45) is 4.65. The van der Waals surface area contributed by atoms with Crippen molar-refractivity contribution in [2.45, 2.75) is 5.16 Å². The van der Waals surface area contributed by atoms with E-state index in [9.17, 15) is 4.79 Å². The molecule has 0 saturated heterocycles. The Bertz CT molecular complexity index is 384. The van der Waals surface area contributed by atoms with Crippen molar-refractivity contribution in [2.75, 3.05) is 12.9 Å². The number of thioether (sulfide) groups is 1. The predicted molar refractivity (Wildman–Crippen MR) is 59.3 cm³/mol. The van der Waals surface area contributed by atoms with Crippen LogP contribution >= 0.6 is 23.4 Å². The monoisotopic (exact) mass is 244 g/mol. The SMILES string of the molecule is C=CCOC(=O)c1cnc(SC)nc1Cl. The lowest BCUT2D eigenvalue weighted by Crippen LogP contribution is -2.07. The van der Waals surface area contributed by atoms with Gasteiger partial charge in [0.25, 0.3) is 0 Å². The molecule has 0 aliphatic heterocycles. The average molecular weight is 245 g/mol. The first-order valence-corrected chi connectivity index (χ1v) is 5.64. The van der Waals surface area contributed by atoms with Crippen molar-refractivity contribution < 1.29 is 9.53 Å². The molecule has 80 valence electrons. The van der Waals surface area contributed by atoms with Gasteiger partial charge in [0.1, 0.15) is 17.3 Å². The molecule has 4 nitrogen and oxygen atoms in total. The average Bonchev–Trinajstić information content (AvgIpc) is 2.25. The van der Waals surface area contributed by atoms with Crippen molar-refractivity contribution in [1.29, 1.82) is 0 Å². The Morgan fingerprint density at radius 1 is 1.80 bits per heavy atom. The Balaban J connectivity index is 2.85. The Kier molecular flexibility index (Phi) is 4.58. The van der Waals surface area contributed by atoms with Crippen molar-refractivity contribution in [2.24, 2.45) is 0 Å². The third-order valence-electron chi connectivity index (χ3n) is 1.45. The van der Waals surface area contributed by atoms with Gasteiger partial charge in [-0.05, 0) is 6.26 Å². The van der Waals surface area contributed by atoms with Crippen molar-refractivity contribution >= 4 is 29.3 Å². The lowest BCUT2D eigenvalue weighted by atomic mass is 10.3. The van der Waals surface area contributed by atoms with E-state index < -0.39 is 5.97 Å². The topological polar surface area (TPSA) is 52.1 Å². The molecule has 6 heteroatoms. The number of halogens is 1. The largest absolute Gasteiger partial charge is 0.458 e. The molecular formula is C9H9ClN2O2S. The highest BCUT2D eigenvalue weighted by Crippen LogP contribution is 2.17. The molecule has 0 amide bonds. The molecule has 1 aromatic rings. The lowest BCUT2D eigenvalue weighted by molar-refractivity contribution is 0.0548. The summed E-state index contributed by atoms with van der Waals surface area (Å²) in [6.45, 7) is 3.57. The number of ether oxygens (including phenoxy) is 1. The zero-order chi connectivity index (χ0) is 11.3. The van der Waals surface area contributed by atoms with Gasteiger partial charge in [0.2, 0.25) is 0 Å². The van der Waals surface area contributed by atoms with Gasteiger partial charge in [-0.15, -0.1) is 0 Å². The normalized spacial score (nSPS) is 9.73. The quantitative estimate of drug-likeness (QED) is 0.267. The first-order chi connectivity index (χ1) is 7.19. The molecule has 0 atom stereocenters. The van der Waals surface area contributed by atoms with E-state index in [0.717, 1.165) is 0 Å². The number of esters is 1. The second-order valence-corrected chi connectivity index (χ2v) is 3.58.